The van der Waals surface area contributed by atoms with E-state index in [4.69, 9.17) is 11.6 Å². The summed E-state index contributed by atoms with van der Waals surface area (Å²) in [4.78, 5) is 21.2. The largest absolute Gasteiger partial charge is 0.298 e. The summed E-state index contributed by atoms with van der Waals surface area (Å²) in [6, 6.07) is 11.1. The van der Waals surface area contributed by atoms with Crippen molar-refractivity contribution in [3.05, 3.63) is 76.6 Å². The van der Waals surface area contributed by atoms with E-state index in [1.807, 2.05) is 36.6 Å². The maximum absolute atomic E-state index is 12.7. The Morgan fingerprint density at radius 2 is 2.11 bits per heavy atom. The summed E-state index contributed by atoms with van der Waals surface area (Å²) in [6.07, 6.45) is 4.99. The number of nitrogens with one attached hydrogen (secondary N) is 1. The second kappa shape index (κ2) is 7.30. The smallest absolute Gasteiger partial charge is 0.260 e. The molecule has 0 aliphatic rings. The van der Waals surface area contributed by atoms with Crippen molar-refractivity contribution in [3.63, 3.8) is 0 Å². The lowest BCUT2D eigenvalue weighted by atomic mass is 10.2. The molecule has 6 nitrogen and oxygen atoms in total. The highest BCUT2D eigenvalue weighted by Crippen LogP contribution is 2.25. The van der Waals surface area contributed by atoms with E-state index < -0.39 is 0 Å². The monoisotopic (exact) mass is 395 g/mol. The van der Waals surface area contributed by atoms with Crippen molar-refractivity contribution in [2.24, 2.45) is 0 Å². The number of benzene rings is 1. The standard InChI is InChI=1S/C19H14ClN5OS/c1-12-16(10-22-25(12)15-6-2-5-14(20)8-15)18(26)24-19-23-17(11-27-19)13-4-3-7-21-9-13/h2-11H,1H3,(H,23,24,26). The molecule has 0 unspecified atom stereocenters. The van der Waals surface area contributed by atoms with Crippen LogP contribution >= 0.6 is 22.9 Å². The molecule has 27 heavy (non-hydrogen) atoms. The third-order valence-electron chi connectivity index (χ3n) is 3.99. The average molecular weight is 396 g/mol. The maximum atomic E-state index is 12.7. The van der Waals surface area contributed by atoms with Crippen LogP contribution in [0.3, 0.4) is 0 Å². The number of aromatic nitrogens is 4. The van der Waals surface area contributed by atoms with Gasteiger partial charge in [-0.1, -0.05) is 17.7 Å². The van der Waals surface area contributed by atoms with Gasteiger partial charge in [-0.15, -0.1) is 11.3 Å². The molecule has 0 spiro atoms. The summed E-state index contributed by atoms with van der Waals surface area (Å²) in [5.41, 5.74) is 3.67. The van der Waals surface area contributed by atoms with Crippen LogP contribution in [0.15, 0.2) is 60.4 Å². The summed E-state index contributed by atoms with van der Waals surface area (Å²) < 4.78 is 1.68. The molecule has 0 aliphatic carbocycles. The van der Waals surface area contributed by atoms with Gasteiger partial charge in [-0.3, -0.25) is 15.1 Å². The number of carbonyl (C=O) groups is 1. The molecule has 0 fully saturated rings. The highest BCUT2D eigenvalue weighted by atomic mass is 35.5. The summed E-state index contributed by atoms with van der Waals surface area (Å²) in [5.74, 6) is -0.257. The van der Waals surface area contributed by atoms with E-state index in [1.54, 1.807) is 35.4 Å². The van der Waals surface area contributed by atoms with Crippen LogP contribution in [-0.2, 0) is 0 Å². The summed E-state index contributed by atoms with van der Waals surface area (Å²) in [7, 11) is 0. The topological polar surface area (TPSA) is 72.7 Å². The molecule has 0 atom stereocenters. The van der Waals surface area contributed by atoms with E-state index in [0.717, 1.165) is 22.6 Å². The molecule has 8 heteroatoms. The predicted octanol–water partition coefficient (Wildman–Crippen LogP) is 4.60. The molecular weight excluding hydrogens is 382 g/mol. The van der Waals surface area contributed by atoms with Crippen molar-refractivity contribution in [3.8, 4) is 16.9 Å². The molecule has 0 saturated carbocycles. The molecular formula is C19H14ClN5OS. The Hall–Kier alpha value is -3.03. The van der Waals surface area contributed by atoms with Crippen molar-refractivity contribution in [2.75, 3.05) is 5.32 Å². The van der Waals surface area contributed by atoms with Crippen LogP contribution in [-0.4, -0.2) is 25.7 Å². The van der Waals surface area contributed by atoms with E-state index in [9.17, 15) is 4.79 Å². The molecule has 3 aromatic heterocycles. The molecule has 0 aliphatic heterocycles. The molecule has 4 rings (SSSR count). The lowest BCUT2D eigenvalue weighted by molar-refractivity contribution is 0.102. The molecule has 1 N–H and O–H groups in total. The Bertz CT molecular complexity index is 1110. The molecule has 4 aromatic rings. The Labute approximate surface area is 164 Å². The first-order valence-corrected chi connectivity index (χ1v) is 9.35. The van der Waals surface area contributed by atoms with Gasteiger partial charge in [0.2, 0.25) is 0 Å². The lowest BCUT2D eigenvalue weighted by Gasteiger charge is -2.06. The average Bonchev–Trinajstić information content (AvgIpc) is 3.29. The predicted molar refractivity (Wildman–Crippen MR) is 107 cm³/mol. The number of amides is 1. The van der Waals surface area contributed by atoms with E-state index in [-0.39, 0.29) is 5.91 Å². The Morgan fingerprint density at radius 1 is 1.22 bits per heavy atom. The van der Waals surface area contributed by atoms with Gasteiger partial charge in [0, 0.05) is 28.4 Å². The molecule has 0 bridgehead atoms. The van der Waals surface area contributed by atoms with Crippen LogP contribution in [0.25, 0.3) is 16.9 Å². The van der Waals surface area contributed by atoms with Gasteiger partial charge in [0.15, 0.2) is 5.13 Å². The number of anilines is 1. The Kier molecular flexibility index (Phi) is 4.70. The van der Waals surface area contributed by atoms with Crippen LogP contribution in [0.5, 0.6) is 0 Å². The molecule has 0 radical (unpaired) electrons. The van der Waals surface area contributed by atoms with Crippen molar-refractivity contribution in [1.82, 2.24) is 19.7 Å². The fourth-order valence-corrected chi connectivity index (χ4v) is 3.54. The highest BCUT2D eigenvalue weighted by molar-refractivity contribution is 7.14. The number of rotatable bonds is 4. The van der Waals surface area contributed by atoms with Crippen molar-refractivity contribution in [2.45, 2.75) is 6.92 Å². The van der Waals surface area contributed by atoms with Gasteiger partial charge >= 0.3 is 0 Å². The van der Waals surface area contributed by atoms with Crippen LogP contribution < -0.4 is 5.32 Å². The zero-order chi connectivity index (χ0) is 18.8. The van der Waals surface area contributed by atoms with Crippen molar-refractivity contribution < 1.29 is 4.79 Å². The fourth-order valence-electron chi connectivity index (χ4n) is 2.64. The van der Waals surface area contributed by atoms with E-state index in [0.29, 0.717) is 15.7 Å². The summed E-state index contributed by atoms with van der Waals surface area (Å²) >= 11 is 7.41. The summed E-state index contributed by atoms with van der Waals surface area (Å²) in [6.45, 7) is 1.84. The lowest BCUT2D eigenvalue weighted by Crippen LogP contribution is -2.13. The summed E-state index contributed by atoms with van der Waals surface area (Å²) in [5, 5.41) is 10.2. The minimum atomic E-state index is -0.257. The molecule has 1 amide bonds. The van der Waals surface area contributed by atoms with E-state index >= 15 is 0 Å². The molecule has 134 valence electrons. The number of carbonyl (C=O) groups excluding carboxylic acids is 1. The van der Waals surface area contributed by atoms with Crippen LogP contribution in [0.1, 0.15) is 16.1 Å². The number of nitrogens with zero attached hydrogens (tertiary/aromatic N) is 4. The first-order valence-electron chi connectivity index (χ1n) is 8.09. The highest BCUT2D eigenvalue weighted by Gasteiger charge is 2.17. The normalized spacial score (nSPS) is 10.7. The Morgan fingerprint density at radius 3 is 2.89 bits per heavy atom. The van der Waals surface area contributed by atoms with Gasteiger partial charge in [0.1, 0.15) is 0 Å². The minimum absolute atomic E-state index is 0.257. The fraction of sp³-hybridized carbons (Fsp3) is 0.0526. The maximum Gasteiger partial charge on any atom is 0.260 e. The van der Waals surface area contributed by atoms with Gasteiger partial charge in [-0.2, -0.15) is 5.10 Å². The number of hydrogen-bond donors (Lipinski definition) is 1. The van der Waals surface area contributed by atoms with Crippen LogP contribution in [0.4, 0.5) is 5.13 Å². The van der Waals surface area contributed by atoms with Gasteiger partial charge in [-0.25, -0.2) is 9.67 Å². The second-order valence-corrected chi connectivity index (χ2v) is 7.06. The first kappa shape index (κ1) is 17.4. The van der Waals surface area contributed by atoms with Crippen molar-refractivity contribution >= 4 is 34.0 Å². The van der Waals surface area contributed by atoms with Gasteiger partial charge in [-0.05, 0) is 37.3 Å². The first-order chi connectivity index (χ1) is 13.1. The minimum Gasteiger partial charge on any atom is -0.298 e. The number of hydrogen-bond acceptors (Lipinski definition) is 5. The van der Waals surface area contributed by atoms with Gasteiger partial charge in [0.05, 0.1) is 28.8 Å². The zero-order valence-electron chi connectivity index (χ0n) is 14.3. The van der Waals surface area contributed by atoms with E-state index in [1.165, 1.54) is 11.3 Å². The zero-order valence-corrected chi connectivity index (χ0v) is 15.8. The number of halogens is 1. The van der Waals surface area contributed by atoms with Crippen molar-refractivity contribution in [1.29, 1.82) is 0 Å². The van der Waals surface area contributed by atoms with Crippen LogP contribution in [0, 0.1) is 6.92 Å². The van der Waals surface area contributed by atoms with E-state index in [2.05, 4.69) is 20.4 Å². The molecule has 3 heterocycles. The second-order valence-electron chi connectivity index (χ2n) is 5.77. The third-order valence-corrected chi connectivity index (χ3v) is 4.98. The number of thiazole rings is 1. The Balaban J connectivity index is 1.55. The quantitative estimate of drug-likeness (QED) is 0.547. The SMILES string of the molecule is Cc1c(C(=O)Nc2nc(-c3cccnc3)cs2)cnn1-c1cccc(Cl)c1. The van der Waals surface area contributed by atoms with Crippen LogP contribution in [0.2, 0.25) is 5.02 Å². The third kappa shape index (κ3) is 3.60. The molecule has 0 saturated heterocycles. The van der Waals surface area contributed by atoms with Gasteiger partial charge < -0.3 is 0 Å². The molecule has 1 aromatic carbocycles. The van der Waals surface area contributed by atoms with Gasteiger partial charge in [0.25, 0.3) is 5.91 Å². The number of pyridine rings is 1.